The summed E-state index contributed by atoms with van der Waals surface area (Å²) in [7, 11) is -3.84. The van der Waals surface area contributed by atoms with Gasteiger partial charge in [0.15, 0.2) is 11.0 Å². The van der Waals surface area contributed by atoms with E-state index in [9.17, 15) is 13.2 Å². The van der Waals surface area contributed by atoms with Crippen molar-refractivity contribution in [3.05, 3.63) is 70.8 Å². The van der Waals surface area contributed by atoms with Crippen molar-refractivity contribution in [1.82, 2.24) is 10.2 Å². The van der Waals surface area contributed by atoms with E-state index in [1.807, 2.05) is 12.1 Å². The molecule has 2 N–H and O–H groups in total. The van der Waals surface area contributed by atoms with Crippen LogP contribution in [0.2, 0.25) is 10.2 Å². The van der Waals surface area contributed by atoms with Crippen LogP contribution < -0.4 is 10.0 Å². The molecule has 3 aromatic rings. The summed E-state index contributed by atoms with van der Waals surface area (Å²) in [6, 6.07) is 15.8. The maximum atomic E-state index is 12.4. The lowest BCUT2D eigenvalue weighted by molar-refractivity contribution is -0.113. The molecule has 1 amide bonds. The normalized spacial score (nSPS) is 11.1. The Balaban J connectivity index is 1.58. The quantitative estimate of drug-likeness (QED) is 0.500. The summed E-state index contributed by atoms with van der Waals surface area (Å²) in [6.07, 6.45) is 0. The fourth-order valence-electron chi connectivity index (χ4n) is 2.16. The van der Waals surface area contributed by atoms with Gasteiger partial charge in [-0.25, -0.2) is 8.42 Å². The van der Waals surface area contributed by atoms with E-state index < -0.39 is 10.0 Å². The zero-order chi connectivity index (χ0) is 20.9. The number of benzene rings is 2. The molecule has 0 fully saturated rings. The first-order valence-electron chi connectivity index (χ1n) is 8.12. The maximum Gasteiger partial charge on any atom is 0.263 e. The largest absolute Gasteiger partial charge is 0.325 e. The number of thioether (sulfide) groups is 1. The lowest BCUT2D eigenvalue weighted by Crippen LogP contribution is -2.15. The highest BCUT2D eigenvalue weighted by atomic mass is 35.5. The molecule has 0 bridgehead atoms. The molecule has 0 radical (unpaired) electrons. The third-order valence-electron chi connectivity index (χ3n) is 3.50. The second-order valence-electron chi connectivity index (χ2n) is 5.66. The van der Waals surface area contributed by atoms with Crippen LogP contribution in [0, 0.1) is 0 Å². The summed E-state index contributed by atoms with van der Waals surface area (Å²) in [4.78, 5) is 13.0. The van der Waals surface area contributed by atoms with Gasteiger partial charge < -0.3 is 5.32 Å². The van der Waals surface area contributed by atoms with Crippen molar-refractivity contribution < 1.29 is 13.2 Å². The number of nitrogens with one attached hydrogen (secondary N) is 2. The summed E-state index contributed by atoms with van der Waals surface area (Å²) < 4.78 is 27.1. The summed E-state index contributed by atoms with van der Waals surface area (Å²) >= 11 is 12.8. The Hall–Kier alpha value is -2.33. The van der Waals surface area contributed by atoms with Gasteiger partial charge in [-0.05, 0) is 60.7 Å². The minimum absolute atomic E-state index is 0.0165. The van der Waals surface area contributed by atoms with Crippen molar-refractivity contribution in [2.75, 3.05) is 15.8 Å². The van der Waals surface area contributed by atoms with Crippen LogP contribution in [0.15, 0.2) is 70.5 Å². The Kier molecular flexibility index (Phi) is 6.96. The number of hydrogen-bond donors (Lipinski definition) is 2. The number of anilines is 2. The van der Waals surface area contributed by atoms with Gasteiger partial charge in [0.05, 0.1) is 10.6 Å². The van der Waals surface area contributed by atoms with Gasteiger partial charge in [-0.15, -0.1) is 22.0 Å². The smallest absolute Gasteiger partial charge is 0.263 e. The molecule has 7 nitrogen and oxygen atoms in total. The Bertz CT molecular complexity index is 1090. The standard InChI is InChI=1S/C18H14Cl2N4O3S2/c19-12-1-5-14(6-2-12)28-11-18(25)21-13-3-7-15(8-4-13)29(26,27)24-17-10-9-16(20)22-23-17/h1-10H,11H2,(H,21,25)(H,23,24). The fourth-order valence-corrected chi connectivity index (χ4v) is 4.08. The summed E-state index contributed by atoms with van der Waals surface area (Å²) in [5.41, 5.74) is 0.483. The molecule has 0 unspecified atom stereocenters. The van der Waals surface area contributed by atoms with E-state index in [2.05, 4.69) is 20.2 Å². The predicted octanol–water partition coefficient (Wildman–Crippen LogP) is 4.32. The Morgan fingerprint density at radius 3 is 2.24 bits per heavy atom. The molecule has 29 heavy (non-hydrogen) atoms. The average Bonchev–Trinajstić information content (AvgIpc) is 2.70. The van der Waals surface area contributed by atoms with E-state index in [0.29, 0.717) is 10.7 Å². The van der Waals surface area contributed by atoms with E-state index in [0.717, 1.165) is 4.90 Å². The van der Waals surface area contributed by atoms with Gasteiger partial charge in [0.1, 0.15) is 0 Å². The zero-order valence-corrected chi connectivity index (χ0v) is 17.8. The molecule has 3 rings (SSSR count). The average molecular weight is 469 g/mol. The van der Waals surface area contributed by atoms with Gasteiger partial charge in [-0.3, -0.25) is 9.52 Å². The number of carbonyl (C=O) groups excluding carboxylic acids is 1. The van der Waals surface area contributed by atoms with Gasteiger partial charge in [-0.1, -0.05) is 23.2 Å². The highest BCUT2D eigenvalue weighted by Gasteiger charge is 2.15. The van der Waals surface area contributed by atoms with Gasteiger partial charge in [0.25, 0.3) is 10.0 Å². The molecular formula is C18H14Cl2N4O3S2. The molecule has 2 aromatic carbocycles. The molecule has 0 aliphatic rings. The Labute approximate surface area is 181 Å². The van der Waals surface area contributed by atoms with Crippen LogP contribution in [0.4, 0.5) is 11.5 Å². The monoisotopic (exact) mass is 468 g/mol. The van der Waals surface area contributed by atoms with E-state index in [1.165, 1.54) is 48.2 Å². The van der Waals surface area contributed by atoms with E-state index in [1.54, 1.807) is 12.1 Å². The van der Waals surface area contributed by atoms with Crippen molar-refractivity contribution in [2.45, 2.75) is 9.79 Å². The first-order chi connectivity index (χ1) is 13.8. The molecule has 0 spiro atoms. The minimum atomic E-state index is -3.84. The number of nitrogens with zero attached hydrogens (tertiary/aromatic N) is 2. The topological polar surface area (TPSA) is 101 Å². The molecule has 0 atom stereocenters. The lowest BCUT2D eigenvalue weighted by Gasteiger charge is -2.09. The van der Waals surface area contributed by atoms with E-state index in [4.69, 9.17) is 23.2 Å². The van der Waals surface area contributed by atoms with Crippen molar-refractivity contribution in [1.29, 1.82) is 0 Å². The van der Waals surface area contributed by atoms with Gasteiger partial charge in [-0.2, -0.15) is 0 Å². The highest BCUT2D eigenvalue weighted by Crippen LogP contribution is 2.21. The molecule has 150 valence electrons. The minimum Gasteiger partial charge on any atom is -0.325 e. The first kappa shape index (κ1) is 21.4. The van der Waals surface area contributed by atoms with E-state index in [-0.39, 0.29) is 27.5 Å². The number of amides is 1. The Morgan fingerprint density at radius 2 is 1.62 bits per heavy atom. The number of hydrogen-bond acceptors (Lipinski definition) is 6. The molecular weight excluding hydrogens is 455 g/mol. The van der Waals surface area contributed by atoms with Crippen molar-refractivity contribution in [2.24, 2.45) is 0 Å². The van der Waals surface area contributed by atoms with Crippen LogP contribution in [-0.4, -0.2) is 30.3 Å². The number of carbonyl (C=O) groups is 1. The van der Waals surface area contributed by atoms with Crippen LogP contribution in [-0.2, 0) is 14.8 Å². The second kappa shape index (κ2) is 9.45. The zero-order valence-electron chi connectivity index (χ0n) is 14.7. The van der Waals surface area contributed by atoms with Crippen LogP contribution in [0.5, 0.6) is 0 Å². The summed E-state index contributed by atoms with van der Waals surface area (Å²) in [5, 5.41) is 10.7. The Morgan fingerprint density at radius 1 is 0.931 bits per heavy atom. The first-order valence-corrected chi connectivity index (χ1v) is 11.3. The summed E-state index contributed by atoms with van der Waals surface area (Å²) in [5.74, 6) is 0.0412. The molecule has 11 heteroatoms. The van der Waals surface area contributed by atoms with Crippen LogP contribution >= 0.6 is 35.0 Å². The molecule has 0 aliphatic heterocycles. The van der Waals surface area contributed by atoms with Gasteiger partial charge in [0, 0.05) is 15.6 Å². The van der Waals surface area contributed by atoms with Crippen molar-refractivity contribution in [3.8, 4) is 0 Å². The van der Waals surface area contributed by atoms with Crippen LogP contribution in [0.3, 0.4) is 0 Å². The number of aromatic nitrogens is 2. The molecule has 0 aliphatic carbocycles. The molecule has 1 aromatic heterocycles. The summed E-state index contributed by atoms with van der Waals surface area (Å²) in [6.45, 7) is 0. The highest BCUT2D eigenvalue weighted by molar-refractivity contribution is 8.00. The van der Waals surface area contributed by atoms with Crippen molar-refractivity contribution in [3.63, 3.8) is 0 Å². The molecule has 0 saturated heterocycles. The number of halogens is 2. The maximum absolute atomic E-state index is 12.4. The van der Waals surface area contributed by atoms with E-state index >= 15 is 0 Å². The van der Waals surface area contributed by atoms with Gasteiger partial charge >= 0.3 is 0 Å². The van der Waals surface area contributed by atoms with Crippen LogP contribution in [0.25, 0.3) is 0 Å². The molecule has 1 heterocycles. The fraction of sp³-hybridized carbons (Fsp3) is 0.0556. The van der Waals surface area contributed by atoms with Crippen LogP contribution in [0.1, 0.15) is 0 Å². The second-order valence-corrected chi connectivity index (χ2v) is 9.22. The third-order valence-corrected chi connectivity index (χ3v) is 6.34. The number of rotatable bonds is 7. The van der Waals surface area contributed by atoms with Gasteiger partial charge in [0.2, 0.25) is 5.91 Å². The predicted molar refractivity (Wildman–Crippen MR) is 115 cm³/mol. The lowest BCUT2D eigenvalue weighted by atomic mass is 10.3. The SMILES string of the molecule is O=C(CSc1ccc(Cl)cc1)Nc1ccc(S(=O)(=O)Nc2ccc(Cl)nn2)cc1. The molecule has 0 saturated carbocycles. The number of sulfonamides is 1. The van der Waals surface area contributed by atoms with Crippen molar-refractivity contribution >= 4 is 62.4 Å². The third kappa shape index (κ3) is 6.33.